The fraction of sp³-hybridized carbons (Fsp3) is 0.632. The third-order valence-corrected chi connectivity index (χ3v) is 4.80. The molecule has 0 bridgehead atoms. The Bertz CT molecular complexity index is 500. The number of nitrogens with zero attached hydrogens (tertiary/aromatic N) is 3. The molecule has 0 saturated carbocycles. The number of unbranched alkanes of at least 4 members (excludes halogenated alkanes) is 1. The molecule has 0 atom stereocenters. The van der Waals surface area contributed by atoms with Crippen LogP contribution in [0.2, 0.25) is 0 Å². The SMILES string of the molecule is I.c1ccc(CN2CCN(CCCCNC3=NCCCN3)CC2)cc1. The predicted octanol–water partition coefficient (Wildman–Crippen LogP) is 2.14. The summed E-state index contributed by atoms with van der Waals surface area (Å²) in [5.41, 5.74) is 1.43. The van der Waals surface area contributed by atoms with E-state index >= 15 is 0 Å². The molecular formula is C19H32IN5. The highest BCUT2D eigenvalue weighted by molar-refractivity contribution is 14.0. The molecule has 1 aromatic rings. The van der Waals surface area contributed by atoms with Gasteiger partial charge in [0.2, 0.25) is 0 Å². The van der Waals surface area contributed by atoms with Crippen molar-refractivity contribution >= 4 is 29.9 Å². The number of hydrogen-bond acceptors (Lipinski definition) is 5. The van der Waals surface area contributed by atoms with Gasteiger partial charge < -0.3 is 15.5 Å². The first kappa shape index (κ1) is 20.5. The average Bonchev–Trinajstić information content (AvgIpc) is 2.65. The highest BCUT2D eigenvalue weighted by Gasteiger charge is 2.16. The molecule has 25 heavy (non-hydrogen) atoms. The fourth-order valence-electron chi connectivity index (χ4n) is 3.33. The smallest absolute Gasteiger partial charge is 0.191 e. The molecule has 2 N–H and O–H groups in total. The molecule has 0 unspecified atom stereocenters. The summed E-state index contributed by atoms with van der Waals surface area (Å²) in [5, 5.41) is 6.71. The summed E-state index contributed by atoms with van der Waals surface area (Å²) in [5.74, 6) is 0.996. The maximum absolute atomic E-state index is 4.44. The molecule has 140 valence electrons. The van der Waals surface area contributed by atoms with E-state index in [0.717, 1.165) is 38.6 Å². The second-order valence-electron chi connectivity index (χ2n) is 6.75. The molecule has 0 spiro atoms. The summed E-state index contributed by atoms with van der Waals surface area (Å²) >= 11 is 0. The van der Waals surface area contributed by atoms with Gasteiger partial charge in [-0.25, -0.2) is 0 Å². The van der Waals surface area contributed by atoms with E-state index in [1.165, 1.54) is 51.1 Å². The van der Waals surface area contributed by atoms with E-state index in [2.05, 4.69) is 55.8 Å². The number of halogens is 1. The van der Waals surface area contributed by atoms with Crippen molar-refractivity contribution in [3.05, 3.63) is 35.9 Å². The van der Waals surface area contributed by atoms with Crippen LogP contribution in [0.15, 0.2) is 35.3 Å². The van der Waals surface area contributed by atoms with Gasteiger partial charge in [0.25, 0.3) is 0 Å². The number of piperazine rings is 1. The van der Waals surface area contributed by atoms with Crippen LogP contribution in [0.25, 0.3) is 0 Å². The molecular weight excluding hydrogens is 425 g/mol. The predicted molar refractivity (Wildman–Crippen MR) is 116 cm³/mol. The molecule has 5 nitrogen and oxygen atoms in total. The number of benzene rings is 1. The van der Waals surface area contributed by atoms with Crippen LogP contribution < -0.4 is 10.6 Å². The van der Waals surface area contributed by atoms with Crippen LogP contribution in [-0.2, 0) is 6.54 Å². The topological polar surface area (TPSA) is 42.9 Å². The van der Waals surface area contributed by atoms with E-state index < -0.39 is 0 Å². The van der Waals surface area contributed by atoms with Crippen molar-refractivity contribution in [2.24, 2.45) is 4.99 Å². The molecule has 2 aliphatic heterocycles. The highest BCUT2D eigenvalue weighted by atomic mass is 127. The van der Waals surface area contributed by atoms with Crippen molar-refractivity contribution in [2.75, 3.05) is 52.4 Å². The van der Waals surface area contributed by atoms with E-state index in [0.29, 0.717) is 0 Å². The fourth-order valence-corrected chi connectivity index (χ4v) is 3.33. The van der Waals surface area contributed by atoms with Gasteiger partial charge in [-0.15, -0.1) is 24.0 Å². The average molecular weight is 457 g/mol. The minimum atomic E-state index is 0. The monoisotopic (exact) mass is 457 g/mol. The first-order chi connectivity index (χ1) is 11.9. The number of hydrogen-bond donors (Lipinski definition) is 2. The molecule has 6 heteroatoms. The molecule has 1 saturated heterocycles. The maximum Gasteiger partial charge on any atom is 0.191 e. The summed E-state index contributed by atoms with van der Waals surface area (Å²) in [7, 11) is 0. The number of guanidine groups is 1. The lowest BCUT2D eigenvalue weighted by molar-refractivity contribution is 0.126. The lowest BCUT2D eigenvalue weighted by atomic mass is 10.2. The van der Waals surface area contributed by atoms with Gasteiger partial charge in [0.15, 0.2) is 5.96 Å². The lowest BCUT2D eigenvalue weighted by Gasteiger charge is -2.34. The Balaban J connectivity index is 0.00000225. The molecule has 0 aromatic heterocycles. The third-order valence-electron chi connectivity index (χ3n) is 4.80. The normalized spacial score (nSPS) is 18.8. The zero-order valence-electron chi connectivity index (χ0n) is 15.1. The lowest BCUT2D eigenvalue weighted by Crippen LogP contribution is -2.46. The molecule has 0 aliphatic carbocycles. The summed E-state index contributed by atoms with van der Waals surface area (Å²) in [6.07, 6.45) is 3.63. The van der Waals surface area contributed by atoms with Crippen LogP contribution in [-0.4, -0.2) is 68.1 Å². The molecule has 0 amide bonds. The Kier molecular flexibility index (Phi) is 9.57. The van der Waals surface area contributed by atoms with Crippen molar-refractivity contribution in [2.45, 2.75) is 25.8 Å². The van der Waals surface area contributed by atoms with E-state index in [9.17, 15) is 0 Å². The quantitative estimate of drug-likeness (QED) is 0.487. The van der Waals surface area contributed by atoms with Crippen molar-refractivity contribution in [1.82, 2.24) is 20.4 Å². The van der Waals surface area contributed by atoms with Crippen LogP contribution in [0.5, 0.6) is 0 Å². The number of aliphatic imine (C=N–C) groups is 1. The first-order valence-electron chi connectivity index (χ1n) is 9.41. The first-order valence-corrected chi connectivity index (χ1v) is 9.41. The van der Waals surface area contributed by atoms with Gasteiger partial charge >= 0.3 is 0 Å². The van der Waals surface area contributed by atoms with Gasteiger partial charge in [-0.05, 0) is 31.4 Å². The molecule has 2 heterocycles. The zero-order chi connectivity index (χ0) is 16.5. The minimum Gasteiger partial charge on any atom is -0.356 e. The Morgan fingerprint density at radius 3 is 2.48 bits per heavy atom. The van der Waals surface area contributed by atoms with E-state index in [1.807, 2.05) is 0 Å². The molecule has 3 rings (SSSR count). The summed E-state index contributed by atoms with van der Waals surface area (Å²) < 4.78 is 0. The highest BCUT2D eigenvalue weighted by Crippen LogP contribution is 2.09. The van der Waals surface area contributed by atoms with Gasteiger partial charge in [0.1, 0.15) is 0 Å². The van der Waals surface area contributed by atoms with E-state index in [1.54, 1.807) is 0 Å². The molecule has 1 fully saturated rings. The van der Waals surface area contributed by atoms with Gasteiger partial charge in [-0.1, -0.05) is 30.3 Å². The van der Waals surface area contributed by atoms with Gasteiger partial charge in [-0.2, -0.15) is 0 Å². The van der Waals surface area contributed by atoms with Crippen LogP contribution in [0, 0.1) is 0 Å². The molecule has 0 radical (unpaired) electrons. The summed E-state index contributed by atoms with van der Waals surface area (Å²) in [6.45, 7) is 10.1. The minimum absolute atomic E-state index is 0. The largest absolute Gasteiger partial charge is 0.356 e. The Morgan fingerprint density at radius 2 is 1.76 bits per heavy atom. The number of rotatable bonds is 7. The standard InChI is InChI=1S/C19H31N5.HI/c1-2-7-18(8-3-1)17-24-15-13-23(14-16-24)12-5-4-9-20-19-21-10-6-11-22-19;/h1-3,7-8H,4-6,9-17H2,(H2,20,21,22);1H. The number of nitrogens with one attached hydrogen (secondary N) is 2. The van der Waals surface area contributed by atoms with Crippen molar-refractivity contribution in [1.29, 1.82) is 0 Å². The Labute approximate surface area is 169 Å². The van der Waals surface area contributed by atoms with Gasteiger partial charge in [0.05, 0.1) is 0 Å². The summed E-state index contributed by atoms with van der Waals surface area (Å²) in [6, 6.07) is 10.8. The summed E-state index contributed by atoms with van der Waals surface area (Å²) in [4.78, 5) is 9.62. The van der Waals surface area contributed by atoms with Crippen LogP contribution >= 0.6 is 24.0 Å². The van der Waals surface area contributed by atoms with Crippen molar-refractivity contribution in [3.63, 3.8) is 0 Å². The van der Waals surface area contributed by atoms with Crippen molar-refractivity contribution < 1.29 is 0 Å². The van der Waals surface area contributed by atoms with E-state index in [4.69, 9.17) is 0 Å². The maximum atomic E-state index is 4.44. The molecule has 1 aromatic carbocycles. The van der Waals surface area contributed by atoms with Crippen molar-refractivity contribution in [3.8, 4) is 0 Å². The van der Waals surface area contributed by atoms with Crippen LogP contribution in [0.4, 0.5) is 0 Å². The van der Waals surface area contributed by atoms with E-state index in [-0.39, 0.29) is 24.0 Å². The third kappa shape index (κ3) is 7.50. The Hall–Kier alpha value is -0.860. The van der Waals surface area contributed by atoms with Gasteiger partial charge in [0, 0.05) is 52.4 Å². The van der Waals surface area contributed by atoms with Crippen LogP contribution in [0.3, 0.4) is 0 Å². The second kappa shape index (κ2) is 11.7. The molecule has 2 aliphatic rings. The second-order valence-corrected chi connectivity index (χ2v) is 6.75. The Morgan fingerprint density at radius 1 is 1.00 bits per heavy atom. The van der Waals surface area contributed by atoms with Gasteiger partial charge in [-0.3, -0.25) is 9.89 Å². The zero-order valence-corrected chi connectivity index (χ0v) is 17.5. The van der Waals surface area contributed by atoms with Crippen LogP contribution in [0.1, 0.15) is 24.8 Å².